The second-order valence-corrected chi connectivity index (χ2v) is 19.5. The summed E-state index contributed by atoms with van der Waals surface area (Å²) < 4.78 is 0. The minimum Gasteiger partial charge on any atom is -0.394 e. The minimum absolute atomic E-state index is 0.0104. The SMILES string of the molecule is CCCCCCCCCCCCCCC/C=C/CC/C=C/C(O)C(CO)NC(=O)CC(O)CCCCCCCCCCCCCCCCCCCCCCCCCCCCCC. The van der Waals surface area contributed by atoms with Gasteiger partial charge in [-0.05, 0) is 32.1 Å². The molecule has 3 atom stereocenters. The van der Waals surface area contributed by atoms with Crippen molar-refractivity contribution in [2.24, 2.45) is 0 Å². The molecule has 0 saturated heterocycles. The highest BCUT2D eigenvalue weighted by Crippen LogP contribution is 2.18. The fourth-order valence-corrected chi connectivity index (χ4v) is 8.95. The topological polar surface area (TPSA) is 89.8 Å². The quantitative estimate of drug-likeness (QED) is 0.0362. The molecule has 3 unspecified atom stereocenters. The van der Waals surface area contributed by atoms with Gasteiger partial charge in [-0.25, -0.2) is 0 Å². The normalized spacial score (nSPS) is 13.4. The maximum Gasteiger partial charge on any atom is 0.222 e. The molecular formula is C57H111NO4. The third-order valence-corrected chi connectivity index (χ3v) is 13.2. The van der Waals surface area contributed by atoms with Crippen LogP contribution in [-0.4, -0.2) is 46.1 Å². The number of hydrogen-bond acceptors (Lipinski definition) is 4. The molecule has 0 aromatic heterocycles. The van der Waals surface area contributed by atoms with Crippen LogP contribution in [-0.2, 0) is 4.79 Å². The van der Waals surface area contributed by atoms with Crippen molar-refractivity contribution < 1.29 is 20.1 Å². The zero-order valence-corrected chi connectivity index (χ0v) is 42.0. The molecule has 0 saturated carbocycles. The van der Waals surface area contributed by atoms with Gasteiger partial charge in [-0.15, -0.1) is 0 Å². The maximum absolute atomic E-state index is 12.5. The van der Waals surface area contributed by atoms with E-state index in [-0.39, 0.29) is 18.9 Å². The Labute approximate surface area is 388 Å². The van der Waals surface area contributed by atoms with Crippen LogP contribution in [0.2, 0.25) is 0 Å². The van der Waals surface area contributed by atoms with Crippen LogP contribution < -0.4 is 5.32 Å². The maximum atomic E-state index is 12.5. The number of rotatable bonds is 52. The number of carbonyl (C=O) groups is 1. The molecule has 0 aromatic rings. The predicted molar refractivity (Wildman–Crippen MR) is 273 cm³/mol. The number of aliphatic hydroxyl groups excluding tert-OH is 3. The summed E-state index contributed by atoms with van der Waals surface area (Å²) in [4.78, 5) is 12.5. The van der Waals surface area contributed by atoms with Gasteiger partial charge < -0.3 is 20.6 Å². The van der Waals surface area contributed by atoms with Crippen molar-refractivity contribution in [3.05, 3.63) is 24.3 Å². The Bertz CT molecular complexity index is 920. The third kappa shape index (κ3) is 48.3. The van der Waals surface area contributed by atoms with E-state index in [0.29, 0.717) is 6.42 Å². The monoisotopic (exact) mass is 874 g/mol. The lowest BCUT2D eigenvalue weighted by Gasteiger charge is -2.21. The van der Waals surface area contributed by atoms with Gasteiger partial charge in [0.25, 0.3) is 0 Å². The molecule has 0 spiro atoms. The van der Waals surface area contributed by atoms with E-state index in [1.54, 1.807) is 6.08 Å². The smallest absolute Gasteiger partial charge is 0.222 e. The summed E-state index contributed by atoms with van der Waals surface area (Å²) in [6.07, 6.45) is 66.6. The standard InChI is InChI=1S/C57H111NO4/c1-3-5-7-9-11-13-15-17-19-21-23-24-25-26-27-28-29-30-31-33-34-36-38-40-42-44-46-48-50-54(60)52-57(62)58-55(53-59)56(61)51-49-47-45-43-41-39-37-35-32-22-20-18-16-14-12-10-8-6-4-2/h41,43,49,51,54-56,59-61H,3-40,42,44-48,50,52-53H2,1-2H3,(H,58,62)/b43-41+,51-49+. The summed E-state index contributed by atoms with van der Waals surface area (Å²) in [6, 6.07) is -0.759. The van der Waals surface area contributed by atoms with Gasteiger partial charge >= 0.3 is 0 Å². The molecule has 4 N–H and O–H groups in total. The Hall–Kier alpha value is -1.17. The van der Waals surface area contributed by atoms with Crippen molar-refractivity contribution in [1.82, 2.24) is 5.32 Å². The molecule has 0 bridgehead atoms. The van der Waals surface area contributed by atoms with Crippen molar-refractivity contribution in [1.29, 1.82) is 0 Å². The largest absolute Gasteiger partial charge is 0.394 e. The summed E-state index contributed by atoms with van der Waals surface area (Å²) in [5.41, 5.74) is 0. The molecule has 0 aliphatic carbocycles. The summed E-state index contributed by atoms with van der Waals surface area (Å²) in [5.74, 6) is -0.319. The van der Waals surface area contributed by atoms with Gasteiger partial charge in [-0.2, -0.15) is 0 Å². The molecule has 62 heavy (non-hydrogen) atoms. The zero-order chi connectivity index (χ0) is 45.1. The van der Waals surface area contributed by atoms with E-state index in [9.17, 15) is 20.1 Å². The highest BCUT2D eigenvalue weighted by Gasteiger charge is 2.20. The van der Waals surface area contributed by atoms with Crippen LogP contribution in [0.25, 0.3) is 0 Å². The van der Waals surface area contributed by atoms with Crippen LogP contribution in [0.1, 0.15) is 309 Å². The van der Waals surface area contributed by atoms with Gasteiger partial charge in [0.1, 0.15) is 0 Å². The Morgan fingerprint density at radius 3 is 1.03 bits per heavy atom. The van der Waals surface area contributed by atoms with E-state index in [0.717, 1.165) is 32.1 Å². The highest BCUT2D eigenvalue weighted by atomic mass is 16.3. The van der Waals surface area contributed by atoms with Crippen LogP contribution in [0.15, 0.2) is 24.3 Å². The van der Waals surface area contributed by atoms with Crippen LogP contribution >= 0.6 is 0 Å². The van der Waals surface area contributed by atoms with Crippen molar-refractivity contribution >= 4 is 5.91 Å². The minimum atomic E-state index is -0.950. The van der Waals surface area contributed by atoms with Gasteiger partial charge in [-0.3, -0.25) is 4.79 Å². The number of allylic oxidation sites excluding steroid dienone is 3. The summed E-state index contributed by atoms with van der Waals surface area (Å²) >= 11 is 0. The summed E-state index contributed by atoms with van der Waals surface area (Å²) in [7, 11) is 0. The van der Waals surface area contributed by atoms with Crippen LogP contribution in [0.4, 0.5) is 0 Å². The fraction of sp³-hybridized carbons (Fsp3) is 0.912. The van der Waals surface area contributed by atoms with Crippen molar-refractivity contribution in [2.75, 3.05) is 6.61 Å². The molecule has 1 amide bonds. The molecule has 0 radical (unpaired) electrons. The van der Waals surface area contributed by atoms with Crippen LogP contribution in [0, 0.1) is 0 Å². The zero-order valence-electron chi connectivity index (χ0n) is 42.0. The van der Waals surface area contributed by atoms with E-state index in [1.807, 2.05) is 6.08 Å². The average Bonchev–Trinajstić information content (AvgIpc) is 3.27. The second-order valence-electron chi connectivity index (χ2n) is 19.5. The first-order chi connectivity index (χ1) is 30.5. The molecule has 368 valence electrons. The summed E-state index contributed by atoms with van der Waals surface area (Å²) in [5, 5.41) is 33.4. The highest BCUT2D eigenvalue weighted by molar-refractivity contribution is 5.76. The van der Waals surface area contributed by atoms with Crippen LogP contribution in [0.3, 0.4) is 0 Å². The van der Waals surface area contributed by atoms with E-state index in [4.69, 9.17) is 0 Å². The van der Waals surface area contributed by atoms with Crippen molar-refractivity contribution in [3.8, 4) is 0 Å². The van der Waals surface area contributed by atoms with Gasteiger partial charge in [0.2, 0.25) is 5.91 Å². The van der Waals surface area contributed by atoms with Crippen molar-refractivity contribution in [2.45, 2.75) is 327 Å². The van der Waals surface area contributed by atoms with E-state index in [2.05, 4.69) is 31.3 Å². The lowest BCUT2D eigenvalue weighted by atomic mass is 10.0. The molecular weight excluding hydrogens is 763 g/mol. The molecule has 0 aliphatic heterocycles. The van der Waals surface area contributed by atoms with Crippen LogP contribution in [0.5, 0.6) is 0 Å². The molecule has 0 rings (SSSR count). The summed E-state index contributed by atoms with van der Waals surface area (Å²) in [6.45, 7) is 4.24. The van der Waals surface area contributed by atoms with E-state index < -0.39 is 18.2 Å². The molecule has 5 heteroatoms. The molecule has 0 aromatic carbocycles. The Morgan fingerprint density at radius 2 is 0.694 bits per heavy atom. The average molecular weight is 875 g/mol. The van der Waals surface area contributed by atoms with E-state index >= 15 is 0 Å². The molecule has 0 heterocycles. The Balaban J connectivity index is 3.55. The number of amides is 1. The predicted octanol–water partition coefficient (Wildman–Crippen LogP) is 17.3. The van der Waals surface area contributed by atoms with Gasteiger partial charge in [0, 0.05) is 0 Å². The van der Waals surface area contributed by atoms with Crippen molar-refractivity contribution in [3.63, 3.8) is 0 Å². The third-order valence-electron chi connectivity index (χ3n) is 13.2. The number of unbranched alkanes of at least 4 members (excludes halogenated alkanes) is 41. The number of hydrogen-bond donors (Lipinski definition) is 4. The number of carbonyl (C=O) groups excluding carboxylic acids is 1. The van der Waals surface area contributed by atoms with E-state index in [1.165, 1.54) is 250 Å². The number of nitrogens with one attached hydrogen (secondary N) is 1. The van der Waals surface area contributed by atoms with Gasteiger partial charge in [0.05, 0.1) is 31.3 Å². The molecule has 0 aliphatic rings. The first kappa shape index (κ1) is 60.8. The first-order valence-corrected chi connectivity index (χ1v) is 28.1. The molecule has 5 nitrogen and oxygen atoms in total. The Morgan fingerprint density at radius 1 is 0.403 bits per heavy atom. The molecule has 0 fully saturated rings. The number of aliphatic hydroxyl groups is 3. The second kappa shape index (κ2) is 52.5. The lowest BCUT2D eigenvalue weighted by molar-refractivity contribution is -0.124. The fourth-order valence-electron chi connectivity index (χ4n) is 8.95. The Kier molecular flexibility index (Phi) is 51.5. The van der Waals surface area contributed by atoms with Gasteiger partial charge in [0.15, 0.2) is 0 Å². The lowest BCUT2D eigenvalue weighted by Crippen LogP contribution is -2.45. The van der Waals surface area contributed by atoms with Gasteiger partial charge in [-0.1, -0.05) is 295 Å². The first-order valence-electron chi connectivity index (χ1n) is 28.1.